The molecule has 0 saturated heterocycles. The molecule has 2 aromatic rings. The number of nitrogens with one attached hydrogen (secondary N) is 2. The Morgan fingerprint density at radius 2 is 1.46 bits per heavy atom. The van der Waals surface area contributed by atoms with Crippen molar-refractivity contribution in [2.45, 2.75) is 39.0 Å². The van der Waals surface area contributed by atoms with Crippen molar-refractivity contribution >= 4 is 25.5 Å². The van der Waals surface area contributed by atoms with E-state index in [0.29, 0.717) is 28.8 Å². The lowest BCUT2D eigenvalue weighted by atomic mass is 10.1. The summed E-state index contributed by atoms with van der Waals surface area (Å²) >= 11 is 0. The van der Waals surface area contributed by atoms with Crippen molar-refractivity contribution in [1.82, 2.24) is 5.32 Å². The molecule has 0 radical (unpaired) electrons. The van der Waals surface area contributed by atoms with Crippen molar-refractivity contribution < 1.29 is 37.3 Å². The molecule has 0 spiro atoms. The Hall–Kier alpha value is -3.19. The third-order valence-electron chi connectivity index (χ3n) is 5.72. The summed E-state index contributed by atoms with van der Waals surface area (Å²) in [6, 6.07) is 13.7. The van der Waals surface area contributed by atoms with Crippen LogP contribution < -0.4 is 10.6 Å². The largest absolute Gasteiger partial charge is 0.472 e. The second-order valence-electron chi connectivity index (χ2n) is 10.5. The average Bonchev–Trinajstić information content (AvgIpc) is 2.91. The van der Waals surface area contributed by atoms with Crippen LogP contribution in [0.1, 0.15) is 60.5 Å². The fourth-order valence-electron chi connectivity index (χ4n) is 3.35. The number of phosphoric ester groups is 1. The quantitative estimate of drug-likeness (QED) is 0.0812. The molecular weight excluding hydrogens is 545 g/mol. The highest BCUT2D eigenvalue weighted by molar-refractivity contribution is 7.47. The molecule has 10 nitrogen and oxygen atoms in total. The van der Waals surface area contributed by atoms with Crippen LogP contribution in [-0.4, -0.2) is 75.4 Å². The van der Waals surface area contributed by atoms with Crippen molar-refractivity contribution in [3.8, 4) is 11.8 Å². The van der Waals surface area contributed by atoms with E-state index in [4.69, 9.17) is 13.8 Å². The van der Waals surface area contributed by atoms with E-state index >= 15 is 0 Å². The molecule has 224 valence electrons. The SMILES string of the molecule is CCCCCCNC(=O)Nc1ccc(C#Cc2ccc(C(=O)OCCCOP(=O)(O)OCC[N+](C)(C)C)cc2)cc1. The van der Waals surface area contributed by atoms with Crippen molar-refractivity contribution in [1.29, 1.82) is 0 Å². The lowest BCUT2D eigenvalue weighted by Crippen LogP contribution is -2.37. The smallest absolute Gasteiger partial charge is 0.462 e. The van der Waals surface area contributed by atoms with E-state index in [0.717, 1.165) is 30.4 Å². The van der Waals surface area contributed by atoms with Crippen molar-refractivity contribution in [2.75, 3.05) is 59.4 Å². The predicted octanol–water partition coefficient (Wildman–Crippen LogP) is 5.17. The van der Waals surface area contributed by atoms with Gasteiger partial charge < -0.3 is 24.7 Å². The molecule has 41 heavy (non-hydrogen) atoms. The minimum Gasteiger partial charge on any atom is -0.462 e. The van der Waals surface area contributed by atoms with Gasteiger partial charge in [0.1, 0.15) is 13.2 Å². The molecule has 0 aromatic heterocycles. The van der Waals surface area contributed by atoms with Crippen LogP contribution in [-0.2, 0) is 18.3 Å². The van der Waals surface area contributed by atoms with E-state index in [1.807, 2.05) is 33.3 Å². The first-order chi connectivity index (χ1) is 19.5. The molecule has 2 aromatic carbocycles. The maximum atomic E-state index is 12.3. The number of amides is 2. The van der Waals surface area contributed by atoms with Gasteiger partial charge in [-0.3, -0.25) is 9.05 Å². The standard InChI is InChI=1S/C30H42N3O7P/c1-5-6-7-8-20-31-30(35)32-28-18-14-26(15-19-28)11-10-25-12-16-27(17-13-25)29(34)38-22-9-23-39-41(36,37)40-24-21-33(2,3)4/h12-19H,5-9,20-24H2,1-4H3,(H2-,31,32,34,35,36,37)/p+1. The van der Waals surface area contributed by atoms with Gasteiger partial charge in [0.15, 0.2) is 0 Å². The first-order valence-corrected chi connectivity index (χ1v) is 15.3. The van der Waals surface area contributed by atoms with E-state index in [1.54, 1.807) is 36.4 Å². The third kappa shape index (κ3) is 15.4. The lowest BCUT2D eigenvalue weighted by molar-refractivity contribution is -0.870. The zero-order valence-electron chi connectivity index (χ0n) is 24.5. The van der Waals surface area contributed by atoms with Gasteiger partial charge in [0.25, 0.3) is 0 Å². The number of ether oxygens (including phenoxy) is 1. The minimum absolute atomic E-state index is 0.0325. The van der Waals surface area contributed by atoms with E-state index in [9.17, 15) is 19.0 Å². The lowest BCUT2D eigenvalue weighted by Gasteiger charge is -2.24. The number of benzene rings is 2. The third-order valence-corrected chi connectivity index (χ3v) is 6.74. The predicted molar refractivity (Wildman–Crippen MR) is 160 cm³/mol. The Kier molecular flexibility index (Phi) is 14.6. The molecule has 2 amide bonds. The van der Waals surface area contributed by atoms with Gasteiger partial charge in [-0.05, 0) is 55.0 Å². The summed E-state index contributed by atoms with van der Waals surface area (Å²) < 4.78 is 27.5. The molecular formula is C30H43N3O7P+. The van der Waals surface area contributed by atoms with Crippen LogP contribution in [0.25, 0.3) is 0 Å². The van der Waals surface area contributed by atoms with E-state index < -0.39 is 13.8 Å². The molecule has 1 atom stereocenters. The highest BCUT2D eigenvalue weighted by atomic mass is 31.2. The first kappa shape index (κ1) is 34.0. The number of anilines is 1. The summed E-state index contributed by atoms with van der Waals surface area (Å²) in [4.78, 5) is 34.0. The topological polar surface area (TPSA) is 123 Å². The van der Waals surface area contributed by atoms with Crippen LogP contribution >= 0.6 is 7.82 Å². The number of carbonyl (C=O) groups excluding carboxylic acids is 2. The van der Waals surface area contributed by atoms with E-state index in [2.05, 4.69) is 29.4 Å². The van der Waals surface area contributed by atoms with Gasteiger partial charge in [0.05, 0.1) is 39.9 Å². The molecule has 0 aliphatic rings. The van der Waals surface area contributed by atoms with Crippen LogP contribution in [0.4, 0.5) is 10.5 Å². The number of hydrogen-bond donors (Lipinski definition) is 3. The Labute approximate surface area is 243 Å². The molecule has 0 saturated carbocycles. The number of likely N-dealkylation sites (N-methyl/N-ethyl adjacent to an activating group) is 1. The summed E-state index contributed by atoms with van der Waals surface area (Å²) in [5, 5.41) is 5.67. The molecule has 0 aliphatic heterocycles. The van der Waals surface area contributed by atoms with Gasteiger partial charge in [-0.15, -0.1) is 0 Å². The fourth-order valence-corrected chi connectivity index (χ4v) is 4.10. The van der Waals surface area contributed by atoms with E-state index in [1.165, 1.54) is 6.42 Å². The summed E-state index contributed by atoms with van der Waals surface area (Å²) in [5.41, 5.74) is 2.56. The Bertz CT molecular complexity index is 1200. The summed E-state index contributed by atoms with van der Waals surface area (Å²) in [6.45, 7) is 3.41. The molecule has 0 bridgehead atoms. The number of esters is 1. The zero-order chi connectivity index (χ0) is 30.1. The Morgan fingerprint density at radius 1 is 0.854 bits per heavy atom. The van der Waals surface area contributed by atoms with Crippen LogP contribution in [0, 0.1) is 11.8 Å². The average molecular weight is 589 g/mol. The summed E-state index contributed by atoms with van der Waals surface area (Å²) in [5.74, 6) is 5.60. The number of unbranched alkanes of at least 4 members (excludes halogenated alkanes) is 3. The monoisotopic (exact) mass is 588 g/mol. The first-order valence-electron chi connectivity index (χ1n) is 13.8. The second-order valence-corrected chi connectivity index (χ2v) is 11.9. The Balaban J connectivity index is 1.71. The maximum Gasteiger partial charge on any atom is 0.472 e. The van der Waals surface area contributed by atoms with Gasteiger partial charge in [0.2, 0.25) is 0 Å². The van der Waals surface area contributed by atoms with Gasteiger partial charge in [-0.25, -0.2) is 14.2 Å². The number of urea groups is 1. The van der Waals surface area contributed by atoms with Crippen LogP contribution in [0.2, 0.25) is 0 Å². The number of phosphoric acid groups is 1. The minimum atomic E-state index is -4.13. The molecule has 0 aliphatic carbocycles. The zero-order valence-corrected chi connectivity index (χ0v) is 25.4. The molecule has 2 rings (SSSR count). The van der Waals surface area contributed by atoms with Crippen molar-refractivity contribution in [3.63, 3.8) is 0 Å². The number of hydrogen-bond acceptors (Lipinski definition) is 6. The molecule has 1 unspecified atom stereocenters. The van der Waals surface area contributed by atoms with Gasteiger partial charge in [0, 0.05) is 29.8 Å². The highest BCUT2D eigenvalue weighted by Crippen LogP contribution is 2.43. The molecule has 0 fully saturated rings. The van der Waals surface area contributed by atoms with Gasteiger partial charge in [-0.2, -0.15) is 0 Å². The fraction of sp³-hybridized carbons (Fsp3) is 0.467. The maximum absolute atomic E-state index is 12.3. The molecule has 11 heteroatoms. The van der Waals surface area contributed by atoms with Gasteiger partial charge in [-0.1, -0.05) is 38.0 Å². The van der Waals surface area contributed by atoms with E-state index in [-0.39, 0.29) is 32.3 Å². The van der Waals surface area contributed by atoms with Crippen molar-refractivity contribution in [2.24, 2.45) is 0 Å². The van der Waals surface area contributed by atoms with Gasteiger partial charge >= 0.3 is 19.8 Å². The summed E-state index contributed by atoms with van der Waals surface area (Å²) in [6.07, 6.45) is 4.66. The molecule has 3 N–H and O–H groups in total. The number of quaternary nitrogens is 1. The van der Waals surface area contributed by atoms with Crippen LogP contribution in [0.5, 0.6) is 0 Å². The number of carbonyl (C=O) groups is 2. The van der Waals surface area contributed by atoms with Crippen LogP contribution in [0.3, 0.4) is 0 Å². The number of rotatable bonds is 16. The van der Waals surface area contributed by atoms with Crippen molar-refractivity contribution in [3.05, 3.63) is 65.2 Å². The van der Waals surface area contributed by atoms with Crippen LogP contribution in [0.15, 0.2) is 48.5 Å². The molecule has 0 heterocycles. The number of nitrogens with zero attached hydrogens (tertiary/aromatic N) is 1. The second kappa shape index (κ2) is 17.6. The Morgan fingerprint density at radius 3 is 2.07 bits per heavy atom. The highest BCUT2D eigenvalue weighted by Gasteiger charge is 2.22. The summed E-state index contributed by atoms with van der Waals surface area (Å²) in [7, 11) is 1.70. The normalized spacial score (nSPS) is 12.5.